The van der Waals surface area contributed by atoms with Gasteiger partial charge >= 0.3 is 0 Å². The predicted molar refractivity (Wildman–Crippen MR) is 95.3 cm³/mol. The monoisotopic (exact) mass is 345 g/mol. The fraction of sp³-hybridized carbons (Fsp3) is 0.188. The van der Waals surface area contributed by atoms with Gasteiger partial charge in [0.1, 0.15) is 0 Å². The quantitative estimate of drug-likeness (QED) is 0.772. The molecule has 0 aliphatic rings. The fourth-order valence-electron chi connectivity index (χ4n) is 2.13. The molecule has 0 radical (unpaired) electrons. The van der Waals surface area contributed by atoms with Gasteiger partial charge in [0.05, 0.1) is 11.4 Å². The summed E-state index contributed by atoms with van der Waals surface area (Å²) in [5.74, 6) is 0.791. The van der Waals surface area contributed by atoms with Crippen LogP contribution in [-0.2, 0) is 10.5 Å². The van der Waals surface area contributed by atoms with Crippen LogP contribution in [0.2, 0.25) is 0 Å². The first-order chi connectivity index (χ1) is 11.1. The van der Waals surface area contributed by atoms with Gasteiger partial charge in [-0.15, -0.1) is 23.1 Å². The molecule has 1 aromatic carbocycles. The molecule has 7 heteroatoms. The van der Waals surface area contributed by atoms with E-state index < -0.39 is 0 Å². The van der Waals surface area contributed by atoms with Crippen molar-refractivity contribution in [3.8, 4) is 0 Å². The Balaban J connectivity index is 1.56. The van der Waals surface area contributed by atoms with Crippen molar-refractivity contribution >= 4 is 39.7 Å². The molecule has 5 nitrogen and oxygen atoms in total. The summed E-state index contributed by atoms with van der Waals surface area (Å²) in [7, 11) is 0. The standard InChI is InChI=1S/C16H15N3O2S2/c1-11-3-2-4-12(7-11)17-14(20)10-22-9-13-8-15(21)19-5-6-23-16(19)18-13/h2-8H,9-10H2,1H3,(H,17,20). The molecule has 0 fully saturated rings. The average Bonchev–Trinajstić information content (AvgIpc) is 2.96. The second kappa shape index (κ2) is 6.97. The maximum absolute atomic E-state index is 11.9. The lowest BCUT2D eigenvalue weighted by Crippen LogP contribution is -2.15. The van der Waals surface area contributed by atoms with Crippen molar-refractivity contribution in [2.45, 2.75) is 12.7 Å². The Bertz CT molecular complexity index is 901. The lowest BCUT2D eigenvalue weighted by molar-refractivity contribution is -0.113. The van der Waals surface area contributed by atoms with Crippen LogP contribution in [0.4, 0.5) is 5.69 Å². The first-order valence-corrected chi connectivity index (χ1v) is 9.05. The largest absolute Gasteiger partial charge is 0.325 e. The number of benzene rings is 1. The zero-order valence-electron chi connectivity index (χ0n) is 12.5. The molecule has 3 rings (SSSR count). The lowest BCUT2D eigenvalue weighted by atomic mass is 10.2. The minimum absolute atomic E-state index is 0.0606. The third-order valence-corrected chi connectivity index (χ3v) is 4.86. The number of aryl methyl sites for hydroxylation is 1. The van der Waals surface area contributed by atoms with Crippen LogP contribution < -0.4 is 10.9 Å². The molecule has 2 aromatic heterocycles. The number of carbonyl (C=O) groups is 1. The van der Waals surface area contributed by atoms with E-state index in [1.807, 2.05) is 36.6 Å². The number of thiazole rings is 1. The van der Waals surface area contributed by atoms with Crippen LogP contribution >= 0.6 is 23.1 Å². The lowest BCUT2D eigenvalue weighted by Gasteiger charge is -2.06. The summed E-state index contributed by atoms with van der Waals surface area (Å²) in [5, 5.41) is 4.69. The van der Waals surface area contributed by atoms with E-state index in [4.69, 9.17) is 0 Å². The van der Waals surface area contributed by atoms with Crippen molar-refractivity contribution in [3.63, 3.8) is 0 Å². The summed E-state index contributed by atoms with van der Waals surface area (Å²) in [6.07, 6.45) is 1.71. The maximum atomic E-state index is 11.9. The van der Waals surface area contributed by atoms with Gasteiger partial charge in [0.15, 0.2) is 4.96 Å². The molecular weight excluding hydrogens is 330 g/mol. The second-order valence-corrected chi connectivity index (χ2v) is 6.91. The van der Waals surface area contributed by atoms with Gasteiger partial charge in [0.25, 0.3) is 5.56 Å². The highest BCUT2D eigenvalue weighted by molar-refractivity contribution is 7.99. The molecule has 2 heterocycles. The molecule has 118 valence electrons. The molecule has 0 bridgehead atoms. The summed E-state index contributed by atoms with van der Waals surface area (Å²) in [6, 6.07) is 9.20. The summed E-state index contributed by atoms with van der Waals surface area (Å²) < 4.78 is 1.52. The van der Waals surface area contributed by atoms with E-state index in [0.29, 0.717) is 22.2 Å². The van der Waals surface area contributed by atoms with Crippen molar-refractivity contribution in [1.82, 2.24) is 9.38 Å². The van der Waals surface area contributed by atoms with Crippen LogP contribution in [-0.4, -0.2) is 21.0 Å². The van der Waals surface area contributed by atoms with Crippen LogP contribution in [0.15, 0.2) is 46.7 Å². The van der Waals surface area contributed by atoms with Crippen molar-refractivity contribution in [3.05, 3.63) is 63.5 Å². The molecular formula is C16H15N3O2S2. The summed E-state index contributed by atoms with van der Waals surface area (Å²) in [6.45, 7) is 1.98. The normalized spacial score (nSPS) is 10.8. The molecule has 3 aromatic rings. The molecule has 0 unspecified atom stereocenters. The molecule has 0 aliphatic carbocycles. The van der Waals surface area contributed by atoms with Gasteiger partial charge in [-0.1, -0.05) is 12.1 Å². The Morgan fingerprint density at radius 1 is 1.39 bits per heavy atom. The van der Waals surface area contributed by atoms with Crippen LogP contribution in [0, 0.1) is 6.92 Å². The topological polar surface area (TPSA) is 63.5 Å². The van der Waals surface area contributed by atoms with Crippen LogP contribution in [0.5, 0.6) is 0 Å². The summed E-state index contributed by atoms with van der Waals surface area (Å²) >= 11 is 2.86. The van der Waals surface area contributed by atoms with E-state index in [9.17, 15) is 9.59 Å². The van der Waals surface area contributed by atoms with Gasteiger partial charge < -0.3 is 5.32 Å². The third-order valence-electron chi connectivity index (χ3n) is 3.14. The highest BCUT2D eigenvalue weighted by atomic mass is 32.2. The van der Waals surface area contributed by atoms with Gasteiger partial charge in [-0.2, -0.15) is 0 Å². The number of nitrogens with zero attached hydrogens (tertiary/aromatic N) is 2. The van der Waals surface area contributed by atoms with Gasteiger partial charge in [-0.05, 0) is 24.6 Å². The highest BCUT2D eigenvalue weighted by Gasteiger charge is 2.06. The van der Waals surface area contributed by atoms with Crippen LogP contribution in [0.25, 0.3) is 4.96 Å². The van der Waals surface area contributed by atoms with Gasteiger partial charge in [0, 0.05) is 29.1 Å². The maximum Gasteiger partial charge on any atom is 0.258 e. The molecule has 1 N–H and O–H groups in total. The zero-order valence-corrected chi connectivity index (χ0v) is 14.1. The van der Waals surface area contributed by atoms with E-state index in [0.717, 1.165) is 11.3 Å². The average molecular weight is 345 g/mol. The minimum atomic E-state index is -0.0870. The summed E-state index contributed by atoms with van der Waals surface area (Å²) in [4.78, 5) is 28.9. The smallest absolute Gasteiger partial charge is 0.258 e. The summed E-state index contributed by atoms with van der Waals surface area (Å²) in [5.41, 5.74) is 2.51. The second-order valence-electron chi connectivity index (χ2n) is 5.05. The highest BCUT2D eigenvalue weighted by Crippen LogP contribution is 2.14. The Kier molecular flexibility index (Phi) is 4.78. The molecule has 0 aliphatic heterocycles. The Hall–Kier alpha value is -2.12. The van der Waals surface area contributed by atoms with Gasteiger partial charge in [-0.3, -0.25) is 14.0 Å². The Labute approximate surface area is 141 Å². The number of rotatable bonds is 5. The number of anilines is 1. The number of aromatic nitrogens is 2. The Morgan fingerprint density at radius 3 is 3.09 bits per heavy atom. The molecule has 1 amide bonds. The number of hydrogen-bond donors (Lipinski definition) is 1. The van der Waals surface area contributed by atoms with E-state index >= 15 is 0 Å². The van der Waals surface area contributed by atoms with Crippen LogP contribution in [0.1, 0.15) is 11.3 Å². The van der Waals surface area contributed by atoms with Crippen molar-refractivity contribution < 1.29 is 4.79 Å². The van der Waals surface area contributed by atoms with Crippen molar-refractivity contribution in [1.29, 1.82) is 0 Å². The number of hydrogen-bond acceptors (Lipinski definition) is 5. The number of fused-ring (bicyclic) bond motifs is 1. The van der Waals surface area contributed by atoms with Crippen molar-refractivity contribution in [2.24, 2.45) is 0 Å². The number of thioether (sulfide) groups is 1. The molecule has 0 spiro atoms. The first kappa shape index (κ1) is 15.8. The number of carbonyl (C=O) groups excluding carboxylic acids is 1. The number of nitrogens with one attached hydrogen (secondary N) is 1. The third kappa shape index (κ3) is 4.00. The van der Waals surface area contributed by atoms with Gasteiger partial charge in [-0.25, -0.2) is 4.98 Å². The van der Waals surface area contributed by atoms with E-state index in [-0.39, 0.29) is 11.5 Å². The van der Waals surface area contributed by atoms with E-state index in [1.165, 1.54) is 33.6 Å². The predicted octanol–water partition coefficient (Wildman–Crippen LogP) is 2.94. The SMILES string of the molecule is Cc1cccc(NC(=O)CSCc2cc(=O)n3ccsc3n2)c1. The Morgan fingerprint density at radius 2 is 2.26 bits per heavy atom. The van der Waals surface area contributed by atoms with E-state index in [2.05, 4.69) is 10.3 Å². The van der Waals surface area contributed by atoms with Crippen LogP contribution in [0.3, 0.4) is 0 Å². The molecule has 23 heavy (non-hydrogen) atoms. The first-order valence-electron chi connectivity index (χ1n) is 7.02. The van der Waals surface area contributed by atoms with E-state index in [1.54, 1.807) is 6.20 Å². The zero-order chi connectivity index (χ0) is 16.2. The molecule has 0 saturated carbocycles. The molecule has 0 atom stereocenters. The molecule has 0 saturated heterocycles. The van der Waals surface area contributed by atoms with Gasteiger partial charge in [0.2, 0.25) is 5.91 Å². The minimum Gasteiger partial charge on any atom is -0.325 e. The van der Waals surface area contributed by atoms with Crippen molar-refractivity contribution in [2.75, 3.05) is 11.1 Å². The number of amides is 1. The fourth-order valence-corrected chi connectivity index (χ4v) is 3.59.